The number of aromatic nitrogens is 1. The number of para-hydroxylation sites is 1. The van der Waals surface area contributed by atoms with Gasteiger partial charge >= 0.3 is 0 Å². The number of nitrogens with zero attached hydrogens (tertiary/aromatic N) is 3. The minimum absolute atomic E-state index is 0.500. The maximum atomic E-state index is 5.13. The zero-order valence-electron chi connectivity index (χ0n) is 18.9. The summed E-state index contributed by atoms with van der Waals surface area (Å²) in [6.45, 7) is 0.877. The molecule has 34 heavy (non-hydrogen) atoms. The third-order valence-corrected chi connectivity index (χ3v) is 9.24. The summed E-state index contributed by atoms with van der Waals surface area (Å²) in [5.74, 6) is 0. The van der Waals surface area contributed by atoms with E-state index in [0.717, 1.165) is 35.7 Å². The van der Waals surface area contributed by atoms with E-state index in [1.165, 1.54) is 39.4 Å². The molecule has 3 aliphatic rings. The molecule has 2 heterocycles. The van der Waals surface area contributed by atoms with Gasteiger partial charge in [0.15, 0.2) is 10.3 Å². The van der Waals surface area contributed by atoms with Gasteiger partial charge in [-0.05, 0) is 66.6 Å². The number of fused-ring (bicyclic) bond motifs is 4. The summed E-state index contributed by atoms with van der Waals surface area (Å²) in [4.78, 5) is 12.4. The first-order valence-electron chi connectivity index (χ1n) is 12.1. The van der Waals surface area contributed by atoms with Crippen molar-refractivity contribution in [3.05, 3.63) is 89.5 Å². The SMILES string of the molecule is c1ccc2c(c1)CC1S/C(=N\c3ccc(CCNc4nc5ccccc5s4)cc3)N(C3CC3)[C@@H]21. The minimum atomic E-state index is 0.500. The first kappa shape index (κ1) is 20.5. The van der Waals surface area contributed by atoms with Crippen LogP contribution >= 0.6 is 23.1 Å². The number of aliphatic imine (C=N–C) groups is 1. The van der Waals surface area contributed by atoms with E-state index >= 15 is 0 Å². The van der Waals surface area contributed by atoms with Crippen molar-refractivity contribution >= 4 is 49.3 Å². The zero-order chi connectivity index (χ0) is 22.5. The monoisotopic (exact) mass is 482 g/mol. The van der Waals surface area contributed by atoms with E-state index in [1.54, 1.807) is 11.3 Å². The van der Waals surface area contributed by atoms with E-state index in [2.05, 4.69) is 81.9 Å². The molecular weight excluding hydrogens is 456 g/mol. The quantitative estimate of drug-likeness (QED) is 0.327. The average molecular weight is 483 g/mol. The molecule has 0 radical (unpaired) electrons. The van der Waals surface area contributed by atoms with E-state index in [4.69, 9.17) is 4.99 Å². The molecule has 1 aromatic heterocycles. The summed E-state index contributed by atoms with van der Waals surface area (Å²) < 4.78 is 1.23. The van der Waals surface area contributed by atoms with Crippen LogP contribution in [-0.2, 0) is 12.8 Å². The number of rotatable bonds is 6. The van der Waals surface area contributed by atoms with Crippen LogP contribution in [0.25, 0.3) is 10.2 Å². The Bertz CT molecular complexity index is 1340. The normalized spacial score (nSPS) is 22.4. The van der Waals surface area contributed by atoms with Gasteiger partial charge in [-0.25, -0.2) is 9.98 Å². The largest absolute Gasteiger partial charge is 0.361 e. The van der Waals surface area contributed by atoms with E-state index in [9.17, 15) is 0 Å². The Kier molecular flexibility index (Phi) is 5.09. The van der Waals surface area contributed by atoms with Gasteiger partial charge in [-0.1, -0.05) is 71.6 Å². The van der Waals surface area contributed by atoms with Gasteiger partial charge in [0.1, 0.15) is 0 Å². The Morgan fingerprint density at radius 2 is 1.79 bits per heavy atom. The molecule has 1 unspecified atom stereocenters. The summed E-state index contributed by atoms with van der Waals surface area (Å²) in [7, 11) is 0. The standard InChI is InChI=1S/C28H26N4S2/c1-2-6-22-19(5-1)17-25-26(22)32(21-13-14-21)28(34-25)30-20-11-9-18(10-12-20)15-16-29-27-31-23-7-3-4-8-24(23)33-27/h1-12,21,25-26H,13-17H2,(H,29,31)/b30-28-/t25?,26-/m0/s1. The van der Waals surface area contributed by atoms with E-state index < -0.39 is 0 Å². The molecule has 1 aliphatic heterocycles. The number of hydrogen-bond acceptors (Lipinski definition) is 5. The number of hydrogen-bond donors (Lipinski definition) is 1. The van der Waals surface area contributed by atoms with Crippen molar-refractivity contribution in [3.63, 3.8) is 0 Å². The van der Waals surface area contributed by atoms with E-state index in [-0.39, 0.29) is 0 Å². The molecule has 2 aliphatic carbocycles. The highest BCUT2D eigenvalue weighted by Crippen LogP contribution is 2.53. The van der Waals surface area contributed by atoms with Gasteiger partial charge in [-0.2, -0.15) is 0 Å². The van der Waals surface area contributed by atoms with Crippen molar-refractivity contribution in [2.45, 2.75) is 43.0 Å². The second-order valence-electron chi connectivity index (χ2n) is 9.37. The van der Waals surface area contributed by atoms with Crippen LogP contribution in [0.3, 0.4) is 0 Å². The van der Waals surface area contributed by atoms with Gasteiger partial charge in [-0.3, -0.25) is 0 Å². The van der Waals surface area contributed by atoms with Gasteiger partial charge in [0.05, 0.1) is 21.9 Å². The van der Waals surface area contributed by atoms with Gasteiger partial charge in [0.25, 0.3) is 0 Å². The maximum Gasteiger partial charge on any atom is 0.183 e. The number of benzene rings is 3. The highest BCUT2D eigenvalue weighted by atomic mass is 32.2. The lowest BCUT2D eigenvalue weighted by molar-refractivity contribution is 0.330. The molecule has 3 aromatic carbocycles. The summed E-state index contributed by atoms with van der Waals surface area (Å²) in [6.07, 6.45) is 4.72. The maximum absolute atomic E-state index is 5.13. The first-order chi connectivity index (χ1) is 16.8. The predicted molar refractivity (Wildman–Crippen MR) is 144 cm³/mol. The molecule has 6 heteroatoms. The van der Waals surface area contributed by atoms with Gasteiger partial charge in [0, 0.05) is 17.8 Å². The molecule has 0 amide bonds. The molecule has 2 atom stereocenters. The fourth-order valence-electron chi connectivity index (χ4n) is 5.22. The Morgan fingerprint density at radius 3 is 2.65 bits per heavy atom. The number of amidine groups is 1. The van der Waals surface area contributed by atoms with Crippen molar-refractivity contribution in [2.24, 2.45) is 4.99 Å². The third kappa shape index (κ3) is 3.79. The topological polar surface area (TPSA) is 40.5 Å². The third-order valence-electron chi connectivity index (χ3n) is 7.01. The zero-order valence-corrected chi connectivity index (χ0v) is 20.5. The second-order valence-corrected chi connectivity index (χ2v) is 11.6. The van der Waals surface area contributed by atoms with Crippen molar-refractivity contribution in [2.75, 3.05) is 11.9 Å². The van der Waals surface area contributed by atoms with Crippen LogP contribution in [0.15, 0.2) is 77.8 Å². The fraction of sp³-hybridized carbons (Fsp3) is 0.286. The van der Waals surface area contributed by atoms with E-state index in [0.29, 0.717) is 17.3 Å². The molecule has 0 spiro atoms. The van der Waals surface area contributed by atoms with Crippen LogP contribution in [-0.4, -0.2) is 32.9 Å². The van der Waals surface area contributed by atoms with Crippen LogP contribution in [0.2, 0.25) is 0 Å². The van der Waals surface area contributed by atoms with Gasteiger partial charge < -0.3 is 10.2 Å². The predicted octanol–water partition coefficient (Wildman–Crippen LogP) is 6.82. The molecule has 4 aromatic rings. The summed E-state index contributed by atoms with van der Waals surface area (Å²) >= 11 is 3.70. The highest BCUT2D eigenvalue weighted by molar-refractivity contribution is 8.14. The second kappa shape index (κ2) is 8.43. The number of thioether (sulfide) groups is 1. The molecule has 1 N–H and O–H groups in total. The van der Waals surface area contributed by atoms with Crippen LogP contribution < -0.4 is 5.32 Å². The molecule has 0 bridgehead atoms. The fourth-order valence-corrected chi connectivity index (χ4v) is 7.59. The van der Waals surface area contributed by atoms with Crippen LogP contribution in [0, 0.1) is 0 Å². The van der Waals surface area contributed by atoms with Crippen molar-refractivity contribution in [3.8, 4) is 0 Å². The summed E-state index contributed by atoms with van der Waals surface area (Å²) in [6, 6.07) is 27.2. The summed E-state index contributed by atoms with van der Waals surface area (Å²) in [5.41, 5.74) is 6.49. The molecule has 4 nitrogen and oxygen atoms in total. The lowest BCUT2D eigenvalue weighted by atomic mass is 10.1. The molecule has 1 saturated carbocycles. The average Bonchev–Trinajstić information content (AvgIpc) is 3.37. The number of anilines is 1. The smallest absolute Gasteiger partial charge is 0.183 e. The van der Waals surface area contributed by atoms with Crippen LogP contribution in [0.1, 0.15) is 35.6 Å². The molecule has 170 valence electrons. The molecular formula is C28H26N4S2. The molecule has 2 fully saturated rings. The van der Waals surface area contributed by atoms with Crippen LogP contribution in [0.4, 0.5) is 10.8 Å². The Balaban J connectivity index is 1.03. The van der Waals surface area contributed by atoms with Crippen molar-refractivity contribution < 1.29 is 0 Å². The van der Waals surface area contributed by atoms with Gasteiger partial charge in [0.2, 0.25) is 0 Å². The number of thiazole rings is 1. The minimum Gasteiger partial charge on any atom is -0.361 e. The van der Waals surface area contributed by atoms with Crippen molar-refractivity contribution in [1.82, 2.24) is 9.88 Å². The van der Waals surface area contributed by atoms with E-state index in [1.807, 2.05) is 17.8 Å². The van der Waals surface area contributed by atoms with Crippen molar-refractivity contribution in [1.29, 1.82) is 0 Å². The lowest BCUT2D eigenvalue weighted by Gasteiger charge is -2.26. The van der Waals surface area contributed by atoms with Gasteiger partial charge in [-0.15, -0.1) is 0 Å². The molecule has 1 saturated heterocycles. The summed E-state index contributed by atoms with van der Waals surface area (Å²) in [5, 5.41) is 6.30. The Morgan fingerprint density at radius 1 is 0.971 bits per heavy atom. The highest BCUT2D eigenvalue weighted by Gasteiger charge is 2.50. The Hall–Kier alpha value is -2.83. The van der Waals surface area contributed by atoms with Crippen LogP contribution in [0.5, 0.6) is 0 Å². The Labute approximate surface area is 208 Å². The lowest BCUT2D eigenvalue weighted by Crippen LogP contribution is -2.30. The number of nitrogens with one attached hydrogen (secondary N) is 1. The first-order valence-corrected chi connectivity index (χ1v) is 13.8. The molecule has 7 rings (SSSR count).